The first-order valence-electron chi connectivity index (χ1n) is 5.02. The van der Waals surface area contributed by atoms with Gasteiger partial charge in [0.2, 0.25) is 0 Å². The normalized spacial score (nSPS) is 15.5. The molecule has 0 saturated carbocycles. The largest absolute Gasteiger partial charge is 0.492 e. The van der Waals surface area contributed by atoms with Crippen LogP contribution in [0.4, 0.5) is 65.9 Å². The average molecular weight is 413 g/mol. The molecule has 0 heterocycles. The number of allylic oxidation sites excluding steroid dienone is 1. The molecule has 0 spiro atoms. The molecule has 0 radical (unpaired) electrons. The summed E-state index contributed by atoms with van der Waals surface area (Å²) in [6.07, 6.45) is -20.3. The Balaban J connectivity index is 5.99. The Morgan fingerprint density at radius 1 is 0.680 bits per heavy atom. The van der Waals surface area contributed by atoms with Gasteiger partial charge in [0.25, 0.3) is 0 Å². The maximum atomic E-state index is 12.9. The van der Waals surface area contributed by atoms with E-state index < -0.39 is 47.4 Å². The molecule has 0 aliphatic carbocycles. The zero-order valence-electron chi connectivity index (χ0n) is 10.7. The van der Waals surface area contributed by atoms with Gasteiger partial charge < -0.3 is 4.74 Å². The molecule has 25 heavy (non-hydrogen) atoms. The summed E-state index contributed by atoms with van der Waals surface area (Å²) in [6, 6.07) is -7.67. The van der Waals surface area contributed by atoms with Crippen molar-refractivity contribution in [3.05, 3.63) is 12.3 Å². The summed E-state index contributed by atoms with van der Waals surface area (Å²) in [5.41, 5.74) is 0. The molecule has 0 rings (SSSR count). The zero-order chi connectivity index (χ0) is 20.9. The van der Waals surface area contributed by atoms with Crippen LogP contribution in [0.1, 0.15) is 0 Å². The van der Waals surface area contributed by atoms with E-state index in [0.717, 1.165) is 0 Å². The number of hydrogen-bond acceptors (Lipinski definition) is 2. The van der Waals surface area contributed by atoms with Crippen LogP contribution in [0, 0.1) is 0 Å². The zero-order valence-corrected chi connectivity index (χ0v) is 10.7. The quantitative estimate of drug-likeness (QED) is 0.256. The third-order valence-corrected chi connectivity index (χ3v) is 2.17. The Morgan fingerprint density at radius 2 is 1.04 bits per heavy atom. The van der Waals surface area contributed by atoms with Crippen LogP contribution in [0.5, 0.6) is 0 Å². The Morgan fingerprint density at radius 3 is 1.32 bits per heavy atom. The van der Waals surface area contributed by atoms with Gasteiger partial charge in [-0.1, -0.05) is 6.58 Å². The lowest BCUT2D eigenvalue weighted by atomic mass is 10.1. The van der Waals surface area contributed by atoms with Crippen molar-refractivity contribution in [3.63, 3.8) is 0 Å². The van der Waals surface area contributed by atoms with E-state index in [1.165, 1.54) is 0 Å². The minimum Gasteiger partial charge on any atom is -0.423 e. The minimum atomic E-state index is -7.90. The maximum absolute atomic E-state index is 12.9. The van der Waals surface area contributed by atoms with Crippen LogP contribution in [0.2, 0.25) is 0 Å². The highest BCUT2D eigenvalue weighted by molar-refractivity contribution is 5.03. The Kier molecular flexibility index (Phi) is 5.64. The number of rotatable bonds is 6. The fraction of sp³-hybridized carbons (Fsp3) is 0.750. The summed E-state index contributed by atoms with van der Waals surface area (Å²) in [5, 5.41) is -4.12. The van der Waals surface area contributed by atoms with E-state index in [2.05, 4.69) is 4.74 Å². The molecule has 17 heteroatoms. The van der Waals surface area contributed by atoms with Crippen molar-refractivity contribution < 1.29 is 70.7 Å². The molecule has 0 aliphatic rings. The van der Waals surface area contributed by atoms with Crippen molar-refractivity contribution >= 4 is 0 Å². The molecule has 150 valence electrons. The van der Waals surface area contributed by atoms with Crippen molar-refractivity contribution in [2.45, 2.75) is 36.5 Å². The van der Waals surface area contributed by atoms with Crippen LogP contribution in [-0.2, 0) is 4.74 Å². The molecular formula is C8H2F15NO. The second-order valence-corrected chi connectivity index (χ2v) is 3.98. The van der Waals surface area contributed by atoms with E-state index in [9.17, 15) is 65.9 Å². The summed E-state index contributed by atoms with van der Waals surface area (Å²) < 4.78 is 187. The molecule has 0 atom stereocenters. The molecule has 0 saturated heterocycles. The summed E-state index contributed by atoms with van der Waals surface area (Å²) in [4.78, 5) is 0. The first-order valence-corrected chi connectivity index (χ1v) is 5.02. The smallest absolute Gasteiger partial charge is 0.423 e. The molecule has 0 aliphatic heterocycles. The molecule has 0 fully saturated rings. The van der Waals surface area contributed by atoms with Gasteiger partial charge in [-0.2, -0.15) is 61.5 Å². The highest BCUT2D eigenvalue weighted by Crippen LogP contribution is 2.56. The summed E-state index contributed by atoms with van der Waals surface area (Å²) in [5.74, 6) is -18.9. The third-order valence-electron chi connectivity index (χ3n) is 2.17. The number of halogens is 15. The van der Waals surface area contributed by atoms with Crippen LogP contribution in [0.15, 0.2) is 12.3 Å². The van der Waals surface area contributed by atoms with E-state index >= 15 is 0 Å². The summed E-state index contributed by atoms with van der Waals surface area (Å²) in [7, 11) is 0. The van der Waals surface area contributed by atoms with Crippen molar-refractivity contribution in [1.29, 1.82) is 0 Å². The fourth-order valence-electron chi connectivity index (χ4n) is 0.931. The molecule has 0 bridgehead atoms. The Hall–Kier alpha value is -1.55. The standard InChI is InChI=1S/C8H2F15NO/c1-2(3(9,10)11)25-7(18,19)5(14,15)4(12,13)6(16,17)24(23)8(20,21)22/h1H2. The lowest BCUT2D eigenvalue weighted by Crippen LogP contribution is -2.68. The molecule has 0 aromatic rings. The molecular weight excluding hydrogens is 411 g/mol. The van der Waals surface area contributed by atoms with Crippen molar-refractivity contribution in [1.82, 2.24) is 5.12 Å². The van der Waals surface area contributed by atoms with Gasteiger partial charge in [-0.25, -0.2) is 0 Å². The van der Waals surface area contributed by atoms with Gasteiger partial charge >= 0.3 is 36.5 Å². The van der Waals surface area contributed by atoms with Gasteiger partial charge in [0.15, 0.2) is 5.76 Å². The lowest BCUT2D eigenvalue weighted by Gasteiger charge is -2.37. The van der Waals surface area contributed by atoms with E-state index in [0.29, 0.717) is 0 Å². The van der Waals surface area contributed by atoms with Crippen molar-refractivity contribution in [2.24, 2.45) is 0 Å². The molecule has 0 aromatic heterocycles. The number of alkyl halides is 14. The van der Waals surface area contributed by atoms with Gasteiger partial charge in [-0.3, -0.25) is 0 Å². The predicted molar refractivity (Wildman–Crippen MR) is 45.1 cm³/mol. The van der Waals surface area contributed by atoms with E-state index in [1.807, 2.05) is 0 Å². The van der Waals surface area contributed by atoms with Crippen LogP contribution in [0.25, 0.3) is 0 Å². The van der Waals surface area contributed by atoms with Gasteiger partial charge in [0.1, 0.15) is 0 Å². The minimum absolute atomic E-state index is 1.59. The van der Waals surface area contributed by atoms with Crippen LogP contribution in [0.3, 0.4) is 0 Å². The van der Waals surface area contributed by atoms with Gasteiger partial charge in [-0.15, -0.1) is 4.48 Å². The van der Waals surface area contributed by atoms with Crippen molar-refractivity contribution in [2.75, 3.05) is 0 Å². The first-order chi connectivity index (χ1) is 10.5. The highest BCUT2D eigenvalue weighted by Gasteiger charge is 2.86. The third kappa shape index (κ3) is 4.00. The average Bonchev–Trinajstić information content (AvgIpc) is 2.34. The SMILES string of the molecule is C=C(OC(F)(F)C(F)(F)C(F)(F)C(F)(F)N(F)C(F)(F)F)C(F)(F)F. The van der Waals surface area contributed by atoms with Crippen LogP contribution < -0.4 is 0 Å². The van der Waals surface area contributed by atoms with E-state index in [-0.39, 0.29) is 0 Å². The first kappa shape index (κ1) is 23.4. The van der Waals surface area contributed by atoms with E-state index in [4.69, 9.17) is 0 Å². The number of nitrogens with zero attached hydrogens (tertiary/aromatic N) is 1. The molecule has 2 nitrogen and oxygen atoms in total. The van der Waals surface area contributed by atoms with Gasteiger partial charge in [-0.05, 0) is 0 Å². The van der Waals surface area contributed by atoms with Crippen molar-refractivity contribution in [3.8, 4) is 0 Å². The van der Waals surface area contributed by atoms with Crippen LogP contribution >= 0.6 is 0 Å². The highest BCUT2D eigenvalue weighted by atomic mass is 19.4. The predicted octanol–water partition coefficient (Wildman–Crippen LogP) is 5.24. The van der Waals surface area contributed by atoms with Crippen LogP contribution in [-0.4, -0.2) is 41.6 Å². The van der Waals surface area contributed by atoms with E-state index in [1.54, 1.807) is 6.58 Å². The summed E-state index contributed by atoms with van der Waals surface area (Å²) >= 11 is 0. The maximum Gasteiger partial charge on any atom is 0.492 e. The second-order valence-electron chi connectivity index (χ2n) is 3.98. The van der Waals surface area contributed by atoms with Gasteiger partial charge in [0, 0.05) is 5.12 Å². The molecule has 0 N–H and O–H groups in total. The second kappa shape index (κ2) is 6.01. The fourth-order valence-corrected chi connectivity index (χ4v) is 0.931. The summed E-state index contributed by atoms with van der Waals surface area (Å²) in [6.45, 7) is 1.59. The topological polar surface area (TPSA) is 12.5 Å². The number of hydrogen-bond donors (Lipinski definition) is 0. The Bertz CT molecular complexity index is 503. The molecule has 0 amide bonds. The monoisotopic (exact) mass is 413 g/mol. The lowest BCUT2D eigenvalue weighted by molar-refractivity contribution is -0.489. The van der Waals surface area contributed by atoms with Gasteiger partial charge in [0.05, 0.1) is 0 Å². The molecule has 0 unspecified atom stereocenters. The molecule has 0 aromatic carbocycles. The Labute approximate surface area is 126 Å². The number of ether oxygens (including phenoxy) is 1.